The van der Waals surface area contributed by atoms with Gasteiger partial charge < -0.3 is 9.47 Å². The van der Waals surface area contributed by atoms with Gasteiger partial charge in [-0.25, -0.2) is 4.68 Å². The Morgan fingerprint density at radius 2 is 1.92 bits per heavy atom. The molecule has 0 bridgehead atoms. The number of hydrogen-bond donors (Lipinski definition) is 0. The van der Waals surface area contributed by atoms with Gasteiger partial charge in [0.25, 0.3) is 0 Å². The first-order valence-corrected chi connectivity index (χ1v) is 8.40. The van der Waals surface area contributed by atoms with Crippen LogP contribution in [-0.4, -0.2) is 21.4 Å². The van der Waals surface area contributed by atoms with Crippen LogP contribution in [0.3, 0.4) is 0 Å². The Bertz CT molecular complexity index is 812. The molecule has 0 fully saturated rings. The summed E-state index contributed by atoms with van der Waals surface area (Å²) in [5, 5.41) is 3.42. The lowest BCUT2D eigenvalue weighted by atomic mass is 10.0. The molecule has 0 saturated heterocycles. The summed E-state index contributed by atoms with van der Waals surface area (Å²) in [4.78, 5) is 4.23. The predicted molar refractivity (Wildman–Crippen MR) is 89.3 cm³/mol. The van der Waals surface area contributed by atoms with E-state index in [9.17, 15) is 13.2 Å². The van der Waals surface area contributed by atoms with Crippen LogP contribution in [0.25, 0.3) is 0 Å². The summed E-state index contributed by atoms with van der Waals surface area (Å²) in [6.45, 7) is 2.30. The van der Waals surface area contributed by atoms with E-state index in [0.717, 1.165) is 35.6 Å². The van der Waals surface area contributed by atoms with Gasteiger partial charge in [-0.15, -0.1) is 0 Å². The molecule has 1 aliphatic rings. The predicted octanol–water partition coefficient (Wildman–Crippen LogP) is 4.81. The second-order valence-electron chi connectivity index (χ2n) is 6.31. The van der Waals surface area contributed by atoms with Crippen molar-refractivity contribution in [2.45, 2.75) is 38.8 Å². The second kappa shape index (κ2) is 7.39. The second-order valence-corrected chi connectivity index (χ2v) is 6.31. The topological polar surface area (TPSA) is 49.2 Å². The van der Waals surface area contributed by atoms with Crippen molar-refractivity contribution in [1.29, 1.82) is 0 Å². The maximum absolute atomic E-state index is 12.8. The fraction of sp³-hybridized carbons (Fsp3) is 0.444. The summed E-state index contributed by atoms with van der Waals surface area (Å²) in [6.07, 6.45) is 2.11. The lowest BCUT2D eigenvalue weighted by Gasteiger charge is -2.14. The summed E-state index contributed by atoms with van der Waals surface area (Å²) in [5.74, 6) is 0.496. The molecule has 0 N–H and O–H groups in total. The van der Waals surface area contributed by atoms with E-state index in [0.29, 0.717) is 12.5 Å². The molecule has 0 atom stereocenters. The van der Waals surface area contributed by atoms with Crippen molar-refractivity contribution in [1.82, 2.24) is 14.8 Å². The summed E-state index contributed by atoms with van der Waals surface area (Å²) in [7, 11) is 1.38. The van der Waals surface area contributed by atoms with Gasteiger partial charge in [-0.05, 0) is 43.7 Å². The average Bonchev–Trinajstić information content (AvgIpc) is 2.95. The molecule has 0 saturated carbocycles. The smallest absolute Gasteiger partial charge is 0.435 e. The maximum Gasteiger partial charge on any atom is 0.435 e. The highest BCUT2D eigenvalue weighted by molar-refractivity contribution is 5.31. The van der Waals surface area contributed by atoms with Crippen molar-refractivity contribution >= 4 is 0 Å². The van der Waals surface area contributed by atoms with Gasteiger partial charge in [-0.1, -0.05) is 6.08 Å². The van der Waals surface area contributed by atoms with Crippen molar-refractivity contribution in [2.75, 3.05) is 6.61 Å². The van der Waals surface area contributed by atoms with Gasteiger partial charge in [0.05, 0.1) is 0 Å². The quantitative estimate of drug-likeness (QED) is 0.712. The zero-order valence-corrected chi connectivity index (χ0v) is 14.6. The third kappa shape index (κ3) is 4.56. The van der Waals surface area contributed by atoms with Crippen molar-refractivity contribution in [3.05, 3.63) is 41.1 Å². The van der Waals surface area contributed by atoms with Crippen molar-refractivity contribution in [3.8, 4) is 17.6 Å². The molecule has 26 heavy (non-hydrogen) atoms. The number of hydrogen-bond acceptors (Lipinski definition) is 4. The van der Waals surface area contributed by atoms with E-state index < -0.39 is 11.9 Å². The Morgan fingerprint density at radius 1 is 1.15 bits per heavy atom. The Kier molecular flexibility index (Phi) is 5.20. The number of allylic oxidation sites excluding steroid dienone is 1. The van der Waals surface area contributed by atoms with Gasteiger partial charge in [0.15, 0.2) is 5.69 Å². The number of ether oxygens (including phenoxy) is 2. The van der Waals surface area contributed by atoms with E-state index in [-0.39, 0.29) is 11.8 Å². The summed E-state index contributed by atoms with van der Waals surface area (Å²) in [6, 6.07) is 4.24. The number of rotatable bonds is 5. The summed E-state index contributed by atoms with van der Waals surface area (Å²) < 4.78 is 50.5. The van der Waals surface area contributed by atoms with Crippen molar-refractivity contribution < 1.29 is 22.6 Å². The Morgan fingerprint density at radius 3 is 2.58 bits per heavy atom. The number of aryl methyl sites for hydroxylation is 2. The van der Waals surface area contributed by atoms with Gasteiger partial charge in [-0.2, -0.15) is 23.3 Å². The van der Waals surface area contributed by atoms with Crippen LogP contribution in [0.4, 0.5) is 13.2 Å². The number of aromatic nitrogens is 3. The largest absolute Gasteiger partial charge is 0.473 e. The van der Waals surface area contributed by atoms with E-state index in [1.54, 1.807) is 12.1 Å². The minimum Gasteiger partial charge on any atom is -0.473 e. The van der Waals surface area contributed by atoms with Crippen LogP contribution in [-0.2, 0) is 13.2 Å². The normalized spacial score (nSPS) is 14.9. The van der Waals surface area contributed by atoms with Crippen LogP contribution >= 0.6 is 0 Å². The molecule has 0 aromatic carbocycles. The lowest BCUT2D eigenvalue weighted by Crippen LogP contribution is -2.06. The molecule has 3 rings (SSSR count). The zero-order valence-electron chi connectivity index (χ0n) is 14.6. The van der Waals surface area contributed by atoms with E-state index in [1.807, 2.05) is 6.92 Å². The van der Waals surface area contributed by atoms with Crippen LogP contribution < -0.4 is 9.47 Å². The zero-order chi connectivity index (χ0) is 18.7. The fourth-order valence-electron chi connectivity index (χ4n) is 2.72. The van der Waals surface area contributed by atoms with Gasteiger partial charge >= 0.3 is 6.18 Å². The molecule has 2 aromatic rings. The van der Waals surface area contributed by atoms with E-state index in [1.165, 1.54) is 19.0 Å². The number of nitrogens with zero attached hydrogens (tertiary/aromatic N) is 3. The highest BCUT2D eigenvalue weighted by atomic mass is 19.4. The van der Waals surface area contributed by atoms with E-state index in [4.69, 9.17) is 9.47 Å². The van der Waals surface area contributed by atoms with Gasteiger partial charge in [0.2, 0.25) is 17.6 Å². The third-order valence-electron chi connectivity index (χ3n) is 4.05. The SMILES string of the molecule is Cc1cc(OCC2=CCCCC2)nc(Oc2cc(C(F)(F)F)nn2C)c1. The first-order chi connectivity index (χ1) is 12.3. The molecule has 1 aliphatic carbocycles. The molecule has 2 aromatic heterocycles. The minimum absolute atomic E-state index is 0.0450. The summed E-state index contributed by atoms with van der Waals surface area (Å²) in [5.41, 5.74) is 1.06. The van der Waals surface area contributed by atoms with Crippen LogP contribution in [0.15, 0.2) is 29.8 Å². The van der Waals surface area contributed by atoms with Crippen molar-refractivity contribution in [3.63, 3.8) is 0 Å². The molecular formula is C18H20F3N3O2. The molecular weight excluding hydrogens is 347 g/mol. The van der Waals surface area contributed by atoms with E-state index >= 15 is 0 Å². The molecule has 0 radical (unpaired) electrons. The standard InChI is InChI=1S/C18H20F3N3O2/c1-12-8-15(25-11-13-6-4-3-5-7-13)22-16(9-12)26-17-10-14(18(19,20)21)23-24(17)2/h6,8-10H,3-5,7,11H2,1-2H3. The first-order valence-electron chi connectivity index (χ1n) is 8.40. The molecule has 0 aliphatic heterocycles. The molecule has 2 heterocycles. The van der Waals surface area contributed by atoms with Crippen LogP contribution in [0.2, 0.25) is 0 Å². The molecule has 0 amide bonds. The van der Waals surface area contributed by atoms with Gasteiger partial charge in [0, 0.05) is 25.2 Å². The Hall–Kier alpha value is -2.51. The summed E-state index contributed by atoms with van der Waals surface area (Å²) >= 11 is 0. The molecule has 0 unspecified atom stereocenters. The molecule has 140 valence electrons. The van der Waals surface area contributed by atoms with Gasteiger partial charge in [-0.3, -0.25) is 0 Å². The molecule has 8 heteroatoms. The third-order valence-corrected chi connectivity index (χ3v) is 4.05. The van der Waals surface area contributed by atoms with Crippen LogP contribution in [0, 0.1) is 6.92 Å². The van der Waals surface area contributed by atoms with Gasteiger partial charge in [0.1, 0.15) is 6.61 Å². The Balaban J connectivity index is 1.73. The fourth-order valence-corrected chi connectivity index (χ4v) is 2.72. The number of pyridine rings is 1. The average molecular weight is 367 g/mol. The van der Waals surface area contributed by atoms with Crippen LogP contribution in [0.5, 0.6) is 17.6 Å². The number of alkyl halides is 3. The minimum atomic E-state index is -4.53. The molecule has 0 spiro atoms. The molecule has 5 nitrogen and oxygen atoms in total. The highest BCUT2D eigenvalue weighted by Crippen LogP contribution is 2.32. The van der Waals surface area contributed by atoms with Crippen molar-refractivity contribution in [2.24, 2.45) is 7.05 Å². The number of halogens is 3. The van der Waals surface area contributed by atoms with Crippen LogP contribution in [0.1, 0.15) is 36.9 Å². The monoisotopic (exact) mass is 367 g/mol. The van der Waals surface area contributed by atoms with E-state index in [2.05, 4.69) is 16.2 Å². The lowest BCUT2D eigenvalue weighted by molar-refractivity contribution is -0.141. The maximum atomic E-state index is 12.8. The first kappa shape index (κ1) is 18.3. The highest BCUT2D eigenvalue weighted by Gasteiger charge is 2.35. The Labute approximate surface area is 149 Å².